The first kappa shape index (κ1) is 25.3. The number of amides is 6. The first-order valence-electron chi connectivity index (χ1n) is 11.9. The summed E-state index contributed by atoms with van der Waals surface area (Å²) >= 11 is 0. The molecule has 3 heterocycles. The molecule has 13 heteroatoms. The van der Waals surface area contributed by atoms with E-state index in [-0.39, 0.29) is 41.9 Å². The fourth-order valence-corrected chi connectivity index (χ4v) is 4.71. The zero-order valence-electron chi connectivity index (χ0n) is 20.0. The van der Waals surface area contributed by atoms with Gasteiger partial charge in [0.15, 0.2) is 11.6 Å². The number of rotatable bonds is 5. The summed E-state index contributed by atoms with van der Waals surface area (Å²) in [5.41, 5.74) is 0.402. The number of hydrogen-bond acceptors (Lipinski definition) is 7. The second kappa shape index (κ2) is 10.2. The van der Waals surface area contributed by atoms with Gasteiger partial charge in [-0.3, -0.25) is 29.4 Å². The molecule has 2 saturated heterocycles. The molecule has 1 unspecified atom stereocenters. The number of fused-ring (bicyclic) bond motifs is 1. The van der Waals surface area contributed by atoms with Crippen molar-refractivity contribution in [2.75, 3.05) is 36.5 Å². The van der Waals surface area contributed by atoms with E-state index in [1.807, 2.05) is 0 Å². The summed E-state index contributed by atoms with van der Waals surface area (Å²) in [6.07, 6.45) is 0.0527. The summed E-state index contributed by atoms with van der Waals surface area (Å²) in [4.78, 5) is 64.1. The van der Waals surface area contributed by atoms with Gasteiger partial charge < -0.3 is 20.3 Å². The molecule has 0 radical (unpaired) electrons. The van der Waals surface area contributed by atoms with E-state index in [0.717, 1.165) is 17.0 Å². The van der Waals surface area contributed by atoms with Crippen molar-refractivity contribution in [1.29, 1.82) is 0 Å². The highest BCUT2D eigenvalue weighted by molar-refractivity contribution is 6.23. The summed E-state index contributed by atoms with van der Waals surface area (Å²) < 4.78 is 34.4. The van der Waals surface area contributed by atoms with Crippen LogP contribution in [0.5, 0.6) is 0 Å². The molecule has 1 atom stereocenters. The van der Waals surface area contributed by atoms with E-state index in [2.05, 4.69) is 16.0 Å². The lowest BCUT2D eigenvalue weighted by Gasteiger charge is -2.29. The van der Waals surface area contributed by atoms with Gasteiger partial charge >= 0.3 is 6.03 Å². The number of ether oxygens (including phenoxy) is 1. The van der Waals surface area contributed by atoms with Crippen LogP contribution in [-0.2, 0) is 20.9 Å². The van der Waals surface area contributed by atoms with Crippen molar-refractivity contribution in [2.24, 2.45) is 0 Å². The van der Waals surface area contributed by atoms with Gasteiger partial charge in [-0.25, -0.2) is 13.6 Å². The number of morpholine rings is 1. The summed E-state index contributed by atoms with van der Waals surface area (Å²) in [6, 6.07) is 4.62. The highest BCUT2D eigenvalue weighted by atomic mass is 19.1. The number of nitrogens with zero attached hydrogens (tertiary/aromatic N) is 2. The van der Waals surface area contributed by atoms with Crippen LogP contribution in [0.15, 0.2) is 30.3 Å². The molecule has 2 fully saturated rings. The van der Waals surface area contributed by atoms with Crippen molar-refractivity contribution in [3.63, 3.8) is 0 Å². The summed E-state index contributed by atoms with van der Waals surface area (Å²) in [5.74, 6) is -4.11. The highest BCUT2D eigenvalue weighted by Gasteiger charge is 2.44. The Morgan fingerprint density at radius 1 is 1.00 bits per heavy atom. The largest absolute Gasteiger partial charge is 0.378 e. The number of imide groups is 2. The van der Waals surface area contributed by atoms with E-state index in [9.17, 15) is 32.8 Å². The van der Waals surface area contributed by atoms with Gasteiger partial charge in [0.05, 0.1) is 24.3 Å². The minimum Gasteiger partial charge on any atom is -0.378 e. The Balaban J connectivity index is 1.22. The third kappa shape index (κ3) is 4.79. The third-order valence-electron chi connectivity index (χ3n) is 6.56. The maximum atomic E-state index is 14.6. The Hall–Kier alpha value is -4.39. The molecule has 11 nitrogen and oxygen atoms in total. The molecule has 2 aromatic carbocycles. The first-order chi connectivity index (χ1) is 18.2. The topological polar surface area (TPSA) is 137 Å². The third-order valence-corrected chi connectivity index (χ3v) is 6.56. The minimum absolute atomic E-state index is 0.0117. The molecule has 2 aromatic rings. The molecule has 6 amide bonds. The number of anilines is 2. The summed E-state index contributed by atoms with van der Waals surface area (Å²) in [6.45, 7) is 1.36. The second-order valence-corrected chi connectivity index (χ2v) is 9.02. The van der Waals surface area contributed by atoms with E-state index in [1.165, 1.54) is 18.2 Å². The van der Waals surface area contributed by atoms with Crippen LogP contribution < -0.4 is 20.9 Å². The zero-order valence-corrected chi connectivity index (χ0v) is 20.0. The maximum Gasteiger partial charge on any atom is 0.319 e. The summed E-state index contributed by atoms with van der Waals surface area (Å²) in [5, 5.41) is 7.04. The molecule has 5 rings (SSSR count). The lowest BCUT2D eigenvalue weighted by Crippen LogP contribution is -2.54. The summed E-state index contributed by atoms with van der Waals surface area (Å²) in [7, 11) is 0. The molecular formula is C25H23F2N5O6. The minimum atomic E-state index is -1.08. The number of benzene rings is 2. The predicted octanol–water partition coefficient (Wildman–Crippen LogP) is 1.52. The Morgan fingerprint density at radius 3 is 2.37 bits per heavy atom. The van der Waals surface area contributed by atoms with E-state index in [0.29, 0.717) is 31.9 Å². The molecule has 0 aliphatic carbocycles. The number of nitrogens with one attached hydrogen (secondary N) is 3. The fourth-order valence-electron chi connectivity index (χ4n) is 4.71. The molecule has 0 saturated carbocycles. The standard InChI is InChI=1S/C25H23F2N5O6/c26-17-10-14(11-18(27)21(17)31-5-7-38-8-6-31)29-25(37)28-12-13-1-2-15-16(9-13)24(36)32(23(15)35)19-3-4-20(33)30-22(19)34/h1-2,9-11,19H,3-8,12H2,(H2,28,29,37)(H,30,33,34). The Bertz CT molecular complexity index is 1340. The predicted molar refractivity (Wildman–Crippen MR) is 128 cm³/mol. The van der Waals surface area contributed by atoms with Crippen molar-refractivity contribution in [2.45, 2.75) is 25.4 Å². The van der Waals surface area contributed by atoms with Gasteiger partial charge in [-0.1, -0.05) is 6.07 Å². The monoisotopic (exact) mass is 527 g/mol. The van der Waals surface area contributed by atoms with Crippen molar-refractivity contribution in [3.05, 3.63) is 58.7 Å². The van der Waals surface area contributed by atoms with Crippen LogP contribution in [0.25, 0.3) is 0 Å². The Labute approximate surface area is 215 Å². The van der Waals surface area contributed by atoms with Gasteiger partial charge in [-0.2, -0.15) is 0 Å². The SMILES string of the molecule is O=C1CCC(N2C(=O)c3ccc(CNC(=O)Nc4cc(F)c(N5CCOCC5)c(F)c4)cc3C2=O)C(=O)N1. The van der Waals surface area contributed by atoms with Crippen LogP contribution in [0.2, 0.25) is 0 Å². The van der Waals surface area contributed by atoms with Gasteiger partial charge in [0.25, 0.3) is 11.8 Å². The lowest BCUT2D eigenvalue weighted by atomic mass is 10.0. The molecule has 0 spiro atoms. The average molecular weight is 527 g/mol. The molecule has 0 bridgehead atoms. The lowest BCUT2D eigenvalue weighted by molar-refractivity contribution is -0.136. The average Bonchev–Trinajstić information content (AvgIpc) is 3.12. The zero-order chi connectivity index (χ0) is 27.0. The number of carbonyl (C=O) groups is 5. The van der Waals surface area contributed by atoms with Gasteiger partial charge in [-0.05, 0) is 36.2 Å². The van der Waals surface area contributed by atoms with Crippen molar-refractivity contribution >= 4 is 41.0 Å². The number of halogens is 2. The van der Waals surface area contributed by atoms with Gasteiger partial charge in [-0.15, -0.1) is 0 Å². The van der Waals surface area contributed by atoms with E-state index >= 15 is 0 Å². The van der Waals surface area contributed by atoms with Gasteiger partial charge in [0.1, 0.15) is 11.7 Å². The normalized spacial score (nSPS) is 19.4. The molecule has 3 aliphatic rings. The highest BCUT2D eigenvalue weighted by Crippen LogP contribution is 2.29. The van der Waals surface area contributed by atoms with Gasteiger partial charge in [0.2, 0.25) is 11.8 Å². The number of urea groups is 1. The molecule has 3 N–H and O–H groups in total. The second-order valence-electron chi connectivity index (χ2n) is 9.02. The molecule has 3 aliphatic heterocycles. The van der Waals surface area contributed by atoms with E-state index in [1.54, 1.807) is 4.90 Å². The van der Waals surface area contributed by atoms with Crippen LogP contribution >= 0.6 is 0 Å². The number of piperidine rings is 1. The molecule has 0 aromatic heterocycles. The maximum absolute atomic E-state index is 14.6. The Kier molecular flexibility index (Phi) is 6.76. The molecular weight excluding hydrogens is 504 g/mol. The van der Waals surface area contributed by atoms with Crippen LogP contribution in [0.1, 0.15) is 39.1 Å². The van der Waals surface area contributed by atoms with Crippen molar-refractivity contribution in [3.8, 4) is 0 Å². The van der Waals surface area contributed by atoms with Crippen LogP contribution in [0.3, 0.4) is 0 Å². The molecule has 38 heavy (non-hydrogen) atoms. The quantitative estimate of drug-likeness (QED) is 0.502. The smallest absolute Gasteiger partial charge is 0.319 e. The van der Waals surface area contributed by atoms with Crippen molar-refractivity contribution < 1.29 is 37.5 Å². The fraction of sp³-hybridized carbons (Fsp3) is 0.320. The van der Waals surface area contributed by atoms with E-state index < -0.39 is 47.3 Å². The van der Waals surface area contributed by atoms with Crippen LogP contribution in [0.4, 0.5) is 25.0 Å². The van der Waals surface area contributed by atoms with E-state index in [4.69, 9.17) is 4.74 Å². The first-order valence-corrected chi connectivity index (χ1v) is 11.9. The number of carbonyl (C=O) groups excluding carboxylic acids is 5. The van der Waals surface area contributed by atoms with Crippen LogP contribution in [0, 0.1) is 11.6 Å². The Morgan fingerprint density at radius 2 is 1.68 bits per heavy atom. The van der Waals surface area contributed by atoms with Crippen molar-refractivity contribution in [1.82, 2.24) is 15.5 Å². The van der Waals surface area contributed by atoms with Gasteiger partial charge in [0, 0.05) is 31.7 Å². The number of hydrogen-bond donors (Lipinski definition) is 3. The molecule has 198 valence electrons. The van der Waals surface area contributed by atoms with Crippen LogP contribution in [-0.4, -0.2) is 66.9 Å².